The molecule has 4 nitrogen and oxygen atoms in total. The summed E-state index contributed by atoms with van der Waals surface area (Å²) in [6, 6.07) is 7.28. The first kappa shape index (κ1) is 17.5. The maximum absolute atomic E-state index is 11.7. The Labute approximate surface area is 142 Å². The fourth-order valence-electron chi connectivity index (χ4n) is 2.53. The average Bonchev–Trinajstić information content (AvgIpc) is 2.82. The van der Waals surface area contributed by atoms with Gasteiger partial charge >= 0.3 is 0 Å². The van der Waals surface area contributed by atoms with Crippen LogP contribution in [0.1, 0.15) is 26.2 Å². The van der Waals surface area contributed by atoms with Gasteiger partial charge in [-0.3, -0.25) is 0 Å². The molecule has 1 fully saturated rings. The predicted octanol–water partition coefficient (Wildman–Crippen LogP) is 3.33. The molecule has 1 saturated heterocycles. The Morgan fingerprint density at radius 1 is 1.41 bits per heavy atom. The van der Waals surface area contributed by atoms with Crippen LogP contribution in [0.25, 0.3) is 0 Å². The highest BCUT2D eigenvalue weighted by Gasteiger charge is 2.33. The zero-order chi connectivity index (χ0) is 16.2. The first-order valence-electron chi connectivity index (χ1n) is 7.45. The zero-order valence-corrected chi connectivity index (χ0v) is 15.0. The van der Waals surface area contributed by atoms with Crippen molar-refractivity contribution in [2.24, 2.45) is 0 Å². The smallest absolute Gasteiger partial charge is 0.173 e. The molecule has 2 rings (SSSR count). The van der Waals surface area contributed by atoms with Gasteiger partial charge in [-0.15, -0.1) is 0 Å². The van der Waals surface area contributed by atoms with E-state index in [1.165, 1.54) is 0 Å². The molecular formula is C15H21ClN2O2S2. The van der Waals surface area contributed by atoms with Gasteiger partial charge in [0.2, 0.25) is 0 Å². The minimum Gasteiger partial charge on any atom is -0.345 e. The van der Waals surface area contributed by atoms with E-state index in [0.717, 1.165) is 25.1 Å². The van der Waals surface area contributed by atoms with Crippen molar-refractivity contribution < 1.29 is 8.42 Å². The Morgan fingerprint density at radius 2 is 2.09 bits per heavy atom. The minimum absolute atomic E-state index is 0.0242. The summed E-state index contributed by atoms with van der Waals surface area (Å²) >= 11 is 11.4. The molecule has 1 aliphatic rings. The molecule has 0 bridgehead atoms. The van der Waals surface area contributed by atoms with Gasteiger partial charge < -0.3 is 10.2 Å². The molecule has 0 saturated carbocycles. The number of nitrogens with one attached hydrogen (secondary N) is 1. The summed E-state index contributed by atoms with van der Waals surface area (Å²) in [6.07, 6.45) is 2.67. The van der Waals surface area contributed by atoms with Gasteiger partial charge in [-0.25, -0.2) is 8.42 Å². The lowest BCUT2D eigenvalue weighted by atomic mass is 10.2. The van der Waals surface area contributed by atoms with E-state index in [1.807, 2.05) is 17.0 Å². The number of anilines is 1. The maximum Gasteiger partial charge on any atom is 0.173 e. The Bertz CT molecular complexity index is 617. The molecule has 1 aromatic carbocycles. The summed E-state index contributed by atoms with van der Waals surface area (Å²) < 4.78 is 23.5. The lowest BCUT2D eigenvalue weighted by Crippen LogP contribution is -2.44. The molecule has 0 radical (unpaired) electrons. The molecular weight excluding hydrogens is 340 g/mol. The average molecular weight is 361 g/mol. The second kappa shape index (κ2) is 7.62. The lowest BCUT2D eigenvalue weighted by Gasteiger charge is -2.31. The van der Waals surface area contributed by atoms with Crippen LogP contribution >= 0.6 is 23.8 Å². The largest absolute Gasteiger partial charge is 0.345 e. The predicted molar refractivity (Wildman–Crippen MR) is 96.3 cm³/mol. The van der Waals surface area contributed by atoms with Crippen molar-refractivity contribution in [2.75, 3.05) is 23.4 Å². The van der Waals surface area contributed by atoms with Crippen molar-refractivity contribution in [3.05, 3.63) is 29.3 Å². The molecule has 0 amide bonds. The normalized spacial score (nSPS) is 19.8. The SMILES string of the molecule is CCCCN(C(=S)Nc1ccc(Cl)cc1)[C@H]1CCS(=O)(=O)C1. The Kier molecular flexibility index (Phi) is 6.06. The highest BCUT2D eigenvalue weighted by molar-refractivity contribution is 7.91. The summed E-state index contributed by atoms with van der Waals surface area (Å²) in [5.41, 5.74) is 0.858. The van der Waals surface area contributed by atoms with Crippen molar-refractivity contribution in [1.29, 1.82) is 0 Å². The van der Waals surface area contributed by atoms with Crippen molar-refractivity contribution in [2.45, 2.75) is 32.2 Å². The third-order valence-electron chi connectivity index (χ3n) is 3.76. The number of benzene rings is 1. The van der Waals surface area contributed by atoms with E-state index >= 15 is 0 Å². The van der Waals surface area contributed by atoms with Gasteiger partial charge in [-0.1, -0.05) is 24.9 Å². The molecule has 22 heavy (non-hydrogen) atoms. The number of rotatable bonds is 5. The molecule has 1 aromatic rings. The summed E-state index contributed by atoms with van der Waals surface area (Å²) in [5.74, 6) is 0.447. The number of sulfone groups is 1. The zero-order valence-electron chi connectivity index (χ0n) is 12.6. The molecule has 0 unspecified atom stereocenters. The second-order valence-electron chi connectivity index (χ2n) is 5.54. The number of hydrogen-bond acceptors (Lipinski definition) is 3. The van der Waals surface area contributed by atoms with E-state index in [9.17, 15) is 8.42 Å². The van der Waals surface area contributed by atoms with E-state index < -0.39 is 9.84 Å². The van der Waals surface area contributed by atoms with Crippen molar-refractivity contribution in [3.63, 3.8) is 0 Å². The number of halogens is 1. The number of nitrogens with zero attached hydrogens (tertiary/aromatic N) is 1. The van der Waals surface area contributed by atoms with Crippen LogP contribution in [0, 0.1) is 0 Å². The van der Waals surface area contributed by atoms with Gasteiger partial charge in [0.25, 0.3) is 0 Å². The van der Waals surface area contributed by atoms with Gasteiger partial charge in [0, 0.05) is 23.3 Å². The van der Waals surface area contributed by atoms with E-state index in [2.05, 4.69) is 12.2 Å². The molecule has 0 aromatic heterocycles. The monoisotopic (exact) mass is 360 g/mol. The van der Waals surface area contributed by atoms with Gasteiger partial charge in [0.05, 0.1) is 11.5 Å². The molecule has 7 heteroatoms. The van der Waals surface area contributed by atoms with Crippen molar-refractivity contribution >= 4 is 44.5 Å². The summed E-state index contributed by atoms with van der Waals surface area (Å²) in [6.45, 7) is 2.88. The standard InChI is InChI=1S/C15H21ClN2O2S2/c1-2-3-9-18(14-8-10-22(19,20)11-14)15(21)17-13-6-4-12(16)5-7-13/h4-7,14H,2-3,8-11H2,1H3,(H,17,21)/t14-/m0/s1. The Balaban J connectivity index is 2.07. The van der Waals surface area contributed by atoms with Crippen molar-refractivity contribution in [1.82, 2.24) is 4.90 Å². The molecule has 1 aliphatic heterocycles. The summed E-state index contributed by atoms with van der Waals surface area (Å²) in [4.78, 5) is 2.03. The quantitative estimate of drug-likeness (QED) is 0.816. The van der Waals surface area contributed by atoms with Crippen LogP contribution < -0.4 is 5.32 Å². The highest BCUT2D eigenvalue weighted by atomic mass is 35.5. The van der Waals surface area contributed by atoms with E-state index in [0.29, 0.717) is 16.6 Å². The van der Waals surface area contributed by atoms with Gasteiger partial charge in [-0.05, 0) is 49.3 Å². The Hall–Kier alpha value is -0.850. The fourth-order valence-corrected chi connectivity index (χ4v) is 4.74. The lowest BCUT2D eigenvalue weighted by molar-refractivity contribution is 0.333. The molecule has 122 valence electrons. The summed E-state index contributed by atoms with van der Waals surface area (Å²) in [7, 11) is -2.92. The Morgan fingerprint density at radius 3 is 2.64 bits per heavy atom. The number of thiocarbonyl (C=S) groups is 1. The first-order chi connectivity index (χ1) is 10.4. The van der Waals surface area contributed by atoms with Crippen LogP contribution in [-0.4, -0.2) is 42.5 Å². The molecule has 1 N–H and O–H groups in total. The fraction of sp³-hybridized carbons (Fsp3) is 0.533. The maximum atomic E-state index is 11.7. The third kappa shape index (κ3) is 4.83. The van der Waals surface area contributed by atoms with E-state index in [4.69, 9.17) is 23.8 Å². The van der Waals surface area contributed by atoms with Crippen LogP contribution in [0.4, 0.5) is 5.69 Å². The molecule has 0 spiro atoms. The van der Waals surface area contributed by atoms with Crippen molar-refractivity contribution in [3.8, 4) is 0 Å². The molecule has 1 atom stereocenters. The molecule has 0 aliphatic carbocycles. The van der Waals surface area contributed by atoms with Gasteiger partial charge in [0.15, 0.2) is 14.9 Å². The minimum atomic E-state index is -2.92. The highest BCUT2D eigenvalue weighted by Crippen LogP contribution is 2.20. The summed E-state index contributed by atoms with van der Waals surface area (Å²) in [5, 5.41) is 4.44. The number of unbranched alkanes of at least 4 members (excludes halogenated alkanes) is 1. The van der Waals surface area contributed by atoms with Crippen LogP contribution in [0.2, 0.25) is 5.02 Å². The van der Waals surface area contributed by atoms with Crippen LogP contribution in [0.5, 0.6) is 0 Å². The van der Waals surface area contributed by atoms with Crippen LogP contribution in [0.3, 0.4) is 0 Å². The third-order valence-corrected chi connectivity index (χ3v) is 6.10. The first-order valence-corrected chi connectivity index (χ1v) is 10.1. The van der Waals surface area contributed by atoms with E-state index in [1.54, 1.807) is 12.1 Å². The number of hydrogen-bond donors (Lipinski definition) is 1. The van der Waals surface area contributed by atoms with Crippen LogP contribution in [-0.2, 0) is 9.84 Å². The molecule has 1 heterocycles. The van der Waals surface area contributed by atoms with Gasteiger partial charge in [0.1, 0.15) is 0 Å². The second-order valence-corrected chi connectivity index (χ2v) is 8.59. The van der Waals surface area contributed by atoms with E-state index in [-0.39, 0.29) is 17.5 Å². The van der Waals surface area contributed by atoms with Crippen LogP contribution in [0.15, 0.2) is 24.3 Å². The van der Waals surface area contributed by atoms with Gasteiger partial charge in [-0.2, -0.15) is 0 Å². The topological polar surface area (TPSA) is 49.4 Å².